The molecule has 1 aromatic heterocycles. The van der Waals surface area contributed by atoms with E-state index in [4.69, 9.17) is 27.5 Å². The van der Waals surface area contributed by atoms with E-state index in [0.29, 0.717) is 28.5 Å². The number of hydrogen-bond donors (Lipinski definition) is 5. The highest BCUT2D eigenvalue weighted by Gasteiger charge is 2.24. The van der Waals surface area contributed by atoms with Gasteiger partial charge in [0.05, 0.1) is 0 Å². The van der Waals surface area contributed by atoms with Crippen molar-refractivity contribution >= 4 is 29.2 Å². The van der Waals surface area contributed by atoms with Crippen LogP contribution < -0.4 is 11.1 Å². The van der Waals surface area contributed by atoms with Crippen LogP contribution in [0.1, 0.15) is 38.7 Å². The second kappa shape index (κ2) is 10.5. The number of nitrogens with one attached hydrogen (secondary N) is 1. The van der Waals surface area contributed by atoms with Gasteiger partial charge in [0.1, 0.15) is 5.84 Å². The Morgan fingerprint density at radius 3 is 2.66 bits per heavy atom. The van der Waals surface area contributed by atoms with Crippen molar-refractivity contribution in [2.45, 2.75) is 44.9 Å². The lowest BCUT2D eigenvalue weighted by atomic mass is 10.1. The number of benzene rings is 1. The fraction of sp³-hybridized carbons (Fsp3) is 0.450. The van der Waals surface area contributed by atoms with Crippen LogP contribution in [-0.2, 0) is 0 Å². The van der Waals surface area contributed by atoms with Gasteiger partial charge in [0.15, 0.2) is 11.6 Å². The zero-order valence-electron chi connectivity index (χ0n) is 16.6. The minimum atomic E-state index is -1.50. The third kappa shape index (κ3) is 8.74. The summed E-state index contributed by atoms with van der Waals surface area (Å²) in [7, 11) is 0. The fourth-order valence-corrected chi connectivity index (χ4v) is 3.06. The van der Waals surface area contributed by atoms with Crippen molar-refractivity contribution in [1.29, 1.82) is 0 Å². The molecule has 1 fully saturated rings. The average Bonchev–Trinajstić information content (AvgIpc) is 3.08. The van der Waals surface area contributed by atoms with Gasteiger partial charge >= 0.3 is 0 Å². The Morgan fingerprint density at radius 2 is 2.03 bits per heavy atom. The van der Waals surface area contributed by atoms with Gasteiger partial charge in [0.25, 0.3) is 0 Å². The predicted molar refractivity (Wildman–Crippen MR) is 114 cm³/mol. The molecule has 8 nitrogen and oxygen atoms in total. The Hall–Kier alpha value is -2.26. The van der Waals surface area contributed by atoms with Crippen molar-refractivity contribution in [1.82, 2.24) is 9.97 Å². The number of aliphatic imine (C=N–C) groups is 1. The van der Waals surface area contributed by atoms with Crippen LogP contribution in [0.3, 0.4) is 0 Å². The third-order valence-electron chi connectivity index (χ3n) is 4.13. The van der Waals surface area contributed by atoms with Crippen LogP contribution in [0.25, 0.3) is 0 Å². The minimum Gasteiger partial charge on any atom is -0.396 e. The largest absolute Gasteiger partial charge is 0.396 e. The van der Waals surface area contributed by atoms with E-state index in [-0.39, 0.29) is 12.6 Å². The maximum Gasteiger partial charge on any atom is 0.224 e. The van der Waals surface area contributed by atoms with Gasteiger partial charge in [-0.1, -0.05) is 23.7 Å². The maximum absolute atomic E-state index is 9.22. The first-order chi connectivity index (χ1) is 13.6. The van der Waals surface area contributed by atoms with Crippen molar-refractivity contribution in [2.75, 3.05) is 11.9 Å². The van der Waals surface area contributed by atoms with Gasteiger partial charge in [-0.2, -0.15) is 4.98 Å². The quantitative estimate of drug-likeness (QED) is 0.284. The number of anilines is 1. The monoisotopic (exact) mass is 421 g/mol. The van der Waals surface area contributed by atoms with Crippen molar-refractivity contribution < 1.29 is 15.3 Å². The summed E-state index contributed by atoms with van der Waals surface area (Å²) < 4.78 is 0. The number of hydrogen-bond acceptors (Lipinski definition) is 7. The van der Waals surface area contributed by atoms with E-state index in [1.807, 2.05) is 12.1 Å². The number of rotatable bonds is 5. The molecular formula is C20H28ClN5O3. The van der Waals surface area contributed by atoms with Crippen LogP contribution in [0, 0.1) is 5.92 Å². The molecule has 0 radical (unpaired) electrons. The Balaban J connectivity index is 0.000000537. The number of aliphatic hydroxyl groups is 3. The molecule has 0 saturated heterocycles. The summed E-state index contributed by atoms with van der Waals surface area (Å²) in [5, 5.41) is 29.3. The highest BCUT2D eigenvalue weighted by molar-refractivity contribution is 6.31. The molecule has 1 aromatic carbocycles. The highest BCUT2D eigenvalue weighted by atomic mass is 35.5. The van der Waals surface area contributed by atoms with Gasteiger partial charge < -0.3 is 26.4 Å². The standard InChI is InChI=1S/C17H20ClN5O.C3H8O2/c18-13-3-1-2-12(9-13)16(19)22-15-6-7-20-17(23-15)21-14-5-4-11(8-14)10-24;1-3(2,4)5/h1-3,6-7,9,11,14,24H,4-5,8,10H2,(H3,19,20,21,22,23);4-5H,1-2H3. The minimum absolute atomic E-state index is 0.236. The van der Waals surface area contributed by atoms with Gasteiger partial charge in [-0.25, -0.2) is 9.98 Å². The van der Waals surface area contributed by atoms with E-state index in [1.54, 1.807) is 24.4 Å². The van der Waals surface area contributed by atoms with Crippen LogP contribution >= 0.6 is 11.6 Å². The number of amidine groups is 1. The topological polar surface area (TPSA) is 137 Å². The summed E-state index contributed by atoms with van der Waals surface area (Å²) in [6.07, 6.45) is 4.61. The van der Waals surface area contributed by atoms with Crippen molar-refractivity contribution in [3.05, 3.63) is 47.1 Å². The SMILES string of the molecule is CC(C)(O)O.NC(=Nc1ccnc(NC2CCC(CO)C2)n1)c1cccc(Cl)c1. The first-order valence-corrected chi connectivity index (χ1v) is 9.77. The Labute approximate surface area is 175 Å². The zero-order chi connectivity index (χ0) is 21.4. The molecule has 1 heterocycles. The van der Waals surface area contributed by atoms with Gasteiger partial charge in [0, 0.05) is 35.5 Å². The van der Waals surface area contributed by atoms with E-state index in [1.165, 1.54) is 13.8 Å². The molecule has 6 N–H and O–H groups in total. The molecule has 29 heavy (non-hydrogen) atoms. The average molecular weight is 422 g/mol. The van der Waals surface area contributed by atoms with E-state index in [2.05, 4.69) is 20.3 Å². The number of nitrogens with two attached hydrogens (primary N) is 1. The van der Waals surface area contributed by atoms with E-state index >= 15 is 0 Å². The van der Waals surface area contributed by atoms with Gasteiger partial charge in [-0.15, -0.1) is 0 Å². The molecule has 1 aliphatic carbocycles. The van der Waals surface area contributed by atoms with Crippen LogP contribution in [0.15, 0.2) is 41.5 Å². The molecule has 1 saturated carbocycles. The Kier molecular flexibility index (Phi) is 8.33. The Bertz CT molecular complexity index is 820. The first-order valence-electron chi connectivity index (χ1n) is 9.39. The smallest absolute Gasteiger partial charge is 0.224 e. The van der Waals surface area contributed by atoms with E-state index in [9.17, 15) is 5.11 Å². The maximum atomic E-state index is 9.22. The van der Waals surface area contributed by atoms with Crippen molar-refractivity contribution in [2.24, 2.45) is 16.6 Å². The molecule has 0 aliphatic heterocycles. The van der Waals surface area contributed by atoms with Crippen molar-refractivity contribution in [3.8, 4) is 0 Å². The molecule has 9 heteroatoms. The number of halogens is 1. The summed E-state index contributed by atoms with van der Waals surface area (Å²) in [4.78, 5) is 13.0. The van der Waals surface area contributed by atoms with E-state index < -0.39 is 5.79 Å². The molecule has 0 amide bonds. The van der Waals surface area contributed by atoms with Gasteiger partial charge in [0.2, 0.25) is 5.95 Å². The van der Waals surface area contributed by atoms with Crippen LogP contribution in [-0.4, -0.2) is 49.6 Å². The molecule has 1 aliphatic rings. The Morgan fingerprint density at radius 1 is 1.31 bits per heavy atom. The lowest BCUT2D eigenvalue weighted by Gasteiger charge is -2.12. The molecule has 0 bridgehead atoms. The highest BCUT2D eigenvalue weighted by Crippen LogP contribution is 2.27. The van der Waals surface area contributed by atoms with Crippen LogP contribution in [0.4, 0.5) is 11.8 Å². The normalized spacial score (nSPS) is 19.4. The summed E-state index contributed by atoms with van der Waals surface area (Å²) in [6, 6.07) is 9.20. The lowest BCUT2D eigenvalue weighted by molar-refractivity contribution is -0.127. The molecule has 2 atom stereocenters. The lowest BCUT2D eigenvalue weighted by Crippen LogP contribution is -2.18. The summed E-state index contributed by atoms with van der Waals surface area (Å²) in [5.41, 5.74) is 6.78. The predicted octanol–water partition coefficient (Wildman–Crippen LogP) is 2.45. The summed E-state index contributed by atoms with van der Waals surface area (Å²) in [6.45, 7) is 2.83. The summed E-state index contributed by atoms with van der Waals surface area (Å²) in [5.74, 6) is 0.228. The van der Waals surface area contributed by atoms with E-state index in [0.717, 1.165) is 24.8 Å². The van der Waals surface area contributed by atoms with Crippen molar-refractivity contribution in [3.63, 3.8) is 0 Å². The summed E-state index contributed by atoms with van der Waals surface area (Å²) >= 11 is 5.97. The van der Waals surface area contributed by atoms with Crippen LogP contribution in [0.5, 0.6) is 0 Å². The van der Waals surface area contributed by atoms with Crippen LogP contribution in [0.2, 0.25) is 5.02 Å². The molecular weight excluding hydrogens is 394 g/mol. The second-order valence-corrected chi connectivity index (χ2v) is 7.88. The second-order valence-electron chi connectivity index (χ2n) is 7.44. The molecule has 2 unspecified atom stereocenters. The number of aromatic nitrogens is 2. The molecule has 2 aromatic rings. The first kappa shape index (κ1) is 23.0. The molecule has 0 spiro atoms. The third-order valence-corrected chi connectivity index (χ3v) is 4.36. The molecule has 158 valence electrons. The zero-order valence-corrected chi connectivity index (χ0v) is 17.3. The number of nitrogens with zero attached hydrogens (tertiary/aromatic N) is 3. The fourth-order valence-electron chi connectivity index (χ4n) is 2.87. The van der Waals surface area contributed by atoms with Gasteiger partial charge in [-0.3, -0.25) is 0 Å². The number of aliphatic hydroxyl groups excluding tert-OH is 1. The molecule has 3 rings (SSSR count). The van der Waals surface area contributed by atoms with Gasteiger partial charge in [-0.05, 0) is 51.2 Å².